The van der Waals surface area contributed by atoms with Gasteiger partial charge >= 0.3 is 17.9 Å². The molecule has 1 aliphatic heterocycles. The average molecular weight is 535 g/mol. The van der Waals surface area contributed by atoms with E-state index in [1.807, 2.05) is 20.8 Å². The third-order valence-corrected chi connectivity index (χ3v) is 9.00. The minimum atomic E-state index is -1.29. The molecule has 212 valence electrons. The van der Waals surface area contributed by atoms with E-state index >= 15 is 0 Å². The Morgan fingerprint density at radius 2 is 1.84 bits per heavy atom. The largest absolute Gasteiger partial charge is 0.458 e. The van der Waals surface area contributed by atoms with Gasteiger partial charge in [0, 0.05) is 19.4 Å². The number of esters is 3. The van der Waals surface area contributed by atoms with Crippen LogP contribution in [-0.4, -0.2) is 59.0 Å². The summed E-state index contributed by atoms with van der Waals surface area (Å²) in [5.41, 5.74) is -1.10. The second kappa shape index (κ2) is 11.3. The predicted molar refractivity (Wildman–Crippen MR) is 138 cm³/mol. The normalized spacial score (nSPS) is 37.5. The van der Waals surface area contributed by atoms with Crippen LogP contribution in [0.5, 0.6) is 0 Å². The molecule has 1 saturated carbocycles. The minimum Gasteiger partial charge on any atom is -0.458 e. The van der Waals surface area contributed by atoms with Gasteiger partial charge in [-0.2, -0.15) is 0 Å². The number of carbonyl (C=O) groups excluding carboxylic acids is 3. The molecule has 0 amide bonds. The summed E-state index contributed by atoms with van der Waals surface area (Å²) < 4.78 is 23.1. The van der Waals surface area contributed by atoms with Gasteiger partial charge < -0.3 is 24.4 Å². The molecule has 0 radical (unpaired) electrons. The van der Waals surface area contributed by atoms with Gasteiger partial charge in [-0.1, -0.05) is 46.9 Å². The van der Waals surface area contributed by atoms with Crippen LogP contribution in [0.25, 0.3) is 0 Å². The quantitative estimate of drug-likeness (QED) is 0.197. The van der Waals surface area contributed by atoms with Crippen molar-refractivity contribution in [2.45, 2.75) is 98.1 Å². The van der Waals surface area contributed by atoms with Crippen LogP contribution in [0.2, 0.25) is 0 Å². The highest BCUT2D eigenvalue weighted by Gasteiger charge is 2.71. The Kier molecular flexibility index (Phi) is 8.95. The number of hydrogen-bond donors (Lipinski definition) is 2. The molecule has 3 rings (SSSR count). The fourth-order valence-corrected chi connectivity index (χ4v) is 6.52. The van der Waals surface area contributed by atoms with E-state index in [4.69, 9.17) is 18.9 Å². The Morgan fingerprint density at radius 1 is 1.21 bits per heavy atom. The van der Waals surface area contributed by atoms with E-state index in [-0.39, 0.29) is 30.6 Å². The molecule has 1 heterocycles. The molecule has 3 aliphatic rings. The van der Waals surface area contributed by atoms with Crippen LogP contribution in [0.4, 0.5) is 0 Å². The fourth-order valence-electron chi connectivity index (χ4n) is 6.52. The first kappa shape index (κ1) is 30.1. The third-order valence-electron chi connectivity index (χ3n) is 9.00. The van der Waals surface area contributed by atoms with Crippen molar-refractivity contribution in [3.05, 3.63) is 36.5 Å². The Balaban J connectivity index is 2.22. The van der Waals surface area contributed by atoms with Gasteiger partial charge in [0.25, 0.3) is 0 Å². The zero-order chi connectivity index (χ0) is 28.6. The summed E-state index contributed by atoms with van der Waals surface area (Å²) in [5, 5.41) is 22.8. The van der Waals surface area contributed by atoms with Crippen molar-refractivity contribution in [3.63, 3.8) is 0 Å². The summed E-state index contributed by atoms with van der Waals surface area (Å²) in [6, 6.07) is 0. The van der Waals surface area contributed by atoms with Gasteiger partial charge in [-0.25, -0.2) is 0 Å². The van der Waals surface area contributed by atoms with Crippen molar-refractivity contribution < 1.29 is 43.5 Å². The number of hydrogen-bond acceptors (Lipinski definition) is 9. The van der Waals surface area contributed by atoms with Crippen molar-refractivity contribution in [2.24, 2.45) is 28.6 Å². The van der Waals surface area contributed by atoms with Crippen molar-refractivity contribution >= 4 is 17.9 Å². The lowest BCUT2D eigenvalue weighted by Crippen LogP contribution is -2.63. The van der Waals surface area contributed by atoms with Gasteiger partial charge in [0.2, 0.25) is 12.6 Å². The van der Waals surface area contributed by atoms with E-state index in [0.717, 1.165) is 0 Å². The highest BCUT2D eigenvalue weighted by molar-refractivity contribution is 5.72. The average Bonchev–Trinajstić information content (AvgIpc) is 3.13. The lowest BCUT2D eigenvalue weighted by Gasteiger charge is -2.60. The Labute approximate surface area is 224 Å². The highest BCUT2D eigenvalue weighted by Crippen LogP contribution is 2.67. The fraction of sp³-hybridized carbons (Fsp3) is 0.690. The molecule has 38 heavy (non-hydrogen) atoms. The van der Waals surface area contributed by atoms with Crippen molar-refractivity contribution in [1.29, 1.82) is 0 Å². The monoisotopic (exact) mass is 534 g/mol. The maximum Gasteiger partial charge on any atom is 0.309 e. The third kappa shape index (κ3) is 5.20. The molecule has 0 aromatic heterocycles. The standard InChI is InChI=1S/C29H42O9/c1-9-15(3)22(32)14-28(8)17(5)11-24(33)29-21(26(35-18(6)30)38-27(29)36-19(7)31)12-20(13-23(28)29)37-25(34)16(4)10-2/h9,12,16-17,20,22-24,26-27,32-33H,1,3,10-11,13-14H2,2,4-8H3/t16?,17-,20-,22+,23+,24+,26+,27-,28-,29-/m0/s1. The van der Waals surface area contributed by atoms with Crippen LogP contribution >= 0.6 is 0 Å². The minimum absolute atomic E-state index is 0.101. The van der Waals surface area contributed by atoms with Crippen LogP contribution < -0.4 is 0 Å². The predicted octanol–water partition coefficient (Wildman–Crippen LogP) is 3.59. The van der Waals surface area contributed by atoms with E-state index in [1.54, 1.807) is 13.0 Å². The van der Waals surface area contributed by atoms with Crippen molar-refractivity contribution in [2.75, 3.05) is 0 Å². The van der Waals surface area contributed by atoms with Crippen LogP contribution in [0.15, 0.2) is 36.5 Å². The molecule has 1 spiro atoms. The lowest BCUT2D eigenvalue weighted by molar-refractivity contribution is -0.256. The van der Waals surface area contributed by atoms with Crippen LogP contribution in [0.3, 0.4) is 0 Å². The Morgan fingerprint density at radius 3 is 2.39 bits per heavy atom. The zero-order valence-corrected chi connectivity index (χ0v) is 23.3. The summed E-state index contributed by atoms with van der Waals surface area (Å²) in [5.74, 6) is -2.53. The van der Waals surface area contributed by atoms with Gasteiger partial charge in [-0.05, 0) is 54.6 Å². The summed E-state index contributed by atoms with van der Waals surface area (Å²) >= 11 is 0. The number of rotatable bonds is 9. The van der Waals surface area contributed by atoms with Gasteiger partial charge in [0.05, 0.1) is 23.5 Å². The Bertz CT molecular complexity index is 1000. The van der Waals surface area contributed by atoms with Gasteiger partial charge in [0.15, 0.2) is 0 Å². The summed E-state index contributed by atoms with van der Waals surface area (Å²) in [4.78, 5) is 37.0. The first-order valence-electron chi connectivity index (χ1n) is 13.3. The van der Waals surface area contributed by atoms with E-state index in [2.05, 4.69) is 13.2 Å². The molecule has 9 nitrogen and oxygen atoms in total. The molecule has 2 fully saturated rings. The van der Waals surface area contributed by atoms with E-state index in [0.29, 0.717) is 24.0 Å². The molecule has 1 unspecified atom stereocenters. The first-order chi connectivity index (χ1) is 17.7. The molecule has 0 aromatic carbocycles. The maximum atomic E-state index is 12.8. The second-order valence-corrected chi connectivity index (χ2v) is 11.3. The van der Waals surface area contributed by atoms with Gasteiger partial charge in [-0.3, -0.25) is 19.1 Å². The summed E-state index contributed by atoms with van der Waals surface area (Å²) in [6.45, 7) is 17.8. The molecular formula is C29H42O9. The van der Waals surface area contributed by atoms with Crippen molar-refractivity contribution in [3.8, 4) is 0 Å². The smallest absolute Gasteiger partial charge is 0.309 e. The molecule has 9 heteroatoms. The highest BCUT2D eigenvalue weighted by atomic mass is 16.8. The zero-order valence-electron chi connectivity index (χ0n) is 23.3. The van der Waals surface area contributed by atoms with Crippen LogP contribution in [0.1, 0.15) is 67.2 Å². The number of aliphatic hydroxyl groups excluding tert-OH is 2. The van der Waals surface area contributed by atoms with Crippen LogP contribution in [0, 0.1) is 28.6 Å². The van der Waals surface area contributed by atoms with E-state index in [1.165, 1.54) is 19.9 Å². The lowest BCUT2D eigenvalue weighted by atomic mass is 9.44. The molecule has 2 N–H and O–H groups in total. The van der Waals surface area contributed by atoms with E-state index < -0.39 is 59.6 Å². The molecule has 0 aromatic rings. The van der Waals surface area contributed by atoms with Crippen molar-refractivity contribution in [1.82, 2.24) is 0 Å². The SMILES string of the molecule is C=CC(=C)[C@H](O)C[C@]1(C)[C@H]2C[C@@H](OC(=O)C(C)CC)C=C3[C@H](OC(C)=O)O[C@H](OC(C)=O)[C@@]32[C@H](O)C[C@@H]1C. The van der Waals surface area contributed by atoms with Gasteiger partial charge in [-0.15, -0.1) is 0 Å². The molecule has 0 bridgehead atoms. The summed E-state index contributed by atoms with van der Waals surface area (Å²) in [6.07, 6.45) is -0.516. The molecule has 2 aliphatic carbocycles. The number of carbonyl (C=O) groups is 3. The first-order valence-corrected chi connectivity index (χ1v) is 13.3. The van der Waals surface area contributed by atoms with Crippen LogP contribution in [-0.2, 0) is 33.3 Å². The maximum absolute atomic E-state index is 12.8. The molecule has 10 atom stereocenters. The number of aliphatic hydroxyl groups is 2. The second-order valence-electron chi connectivity index (χ2n) is 11.3. The molecule has 1 saturated heterocycles. The number of ether oxygens (including phenoxy) is 4. The van der Waals surface area contributed by atoms with Gasteiger partial charge in [0.1, 0.15) is 6.10 Å². The topological polar surface area (TPSA) is 129 Å². The summed E-state index contributed by atoms with van der Waals surface area (Å²) in [7, 11) is 0. The molecular weight excluding hydrogens is 492 g/mol. The van der Waals surface area contributed by atoms with E-state index in [9.17, 15) is 24.6 Å². The Hall–Kier alpha value is -2.49.